The molecule has 0 atom stereocenters. The summed E-state index contributed by atoms with van der Waals surface area (Å²) in [5, 5.41) is 8.99. The topological polar surface area (TPSA) is 66.3 Å². The standard InChI is InChI=1S/C19H17N5OS/c1-12-4-2-3-5-14(12)16-10-24-17(11-26-19(24)21-16)18(25)23-7-6-15-13(9-23)8-20-22-15/h2-5,8,10-11H,6-7,9H2,1H3,(H,20,22). The number of rotatable bonds is 2. The van der Waals surface area contributed by atoms with Gasteiger partial charge < -0.3 is 4.90 Å². The van der Waals surface area contributed by atoms with Crippen molar-refractivity contribution in [1.29, 1.82) is 0 Å². The molecule has 1 aromatic carbocycles. The van der Waals surface area contributed by atoms with Gasteiger partial charge in [-0.1, -0.05) is 24.3 Å². The molecule has 4 heterocycles. The second-order valence-corrected chi connectivity index (χ2v) is 7.40. The molecule has 0 saturated heterocycles. The molecule has 1 aliphatic heterocycles. The minimum absolute atomic E-state index is 0.0387. The van der Waals surface area contributed by atoms with Crippen molar-refractivity contribution in [3.63, 3.8) is 0 Å². The molecule has 0 spiro atoms. The van der Waals surface area contributed by atoms with Gasteiger partial charge in [-0.05, 0) is 12.5 Å². The van der Waals surface area contributed by atoms with Crippen molar-refractivity contribution in [1.82, 2.24) is 24.5 Å². The van der Waals surface area contributed by atoms with Crippen LogP contribution in [0.15, 0.2) is 42.0 Å². The van der Waals surface area contributed by atoms with Gasteiger partial charge in [0.05, 0.1) is 11.9 Å². The Labute approximate surface area is 154 Å². The van der Waals surface area contributed by atoms with Gasteiger partial charge in [0, 0.05) is 47.9 Å². The number of aryl methyl sites for hydroxylation is 1. The maximum atomic E-state index is 13.1. The van der Waals surface area contributed by atoms with Gasteiger partial charge in [0.25, 0.3) is 5.91 Å². The first-order chi connectivity index (χ1) is 12.7. The highest BCUT2D eigenvalue weighted by Gasteiger charge is 2.25. The Bertz CT molecular complexity index is 1120. The minimum Gasteiger partial charge on any atom is -0.332 e. The molecule has 130 valence electrons. The number of thiazole rings is 1. The van der Waals surface area contributed by atoms with Gasteiger partial charge in [-0.3, -0.25) is 14.3 Å². The Morgan fingerprint density at radius 2 is 2.19 bits per heavy atom. The van der Waals surface area contributed by atoms with Crippen molar-refractivity contribution >= 4 is 22.2 Å². The van der Waals surface area contributed by atoms with Crippen LogP contribution in [0.3, 0.4) is 0 Å². The van der Waals surface area contributed by atoms with Gasteiger partial charge >= 0.3 is 0 Å². The zero-order valence-corrected chi connectivity index (χ0v) is 15.1. The summed E-state index contributed by atoms with van der Waals surface area (Å²) in [6, 6.07) is 8.17. The highest BCUT2D eigenvalue weighted by atomic mass is 32.1. The van der Waals surface area contributed by atoms with Crippen molar-refractivity contribution in [3.8, 4) is 11.3 Å². The van der Waals surface area contributed by atoms with E-state index in [0.717, 1.165) is 33.9 Å². The Morgan fingerprint density at radius 1 is 1.31 bits per heavy atom. The number of benzene rings is 1. The van der Waals surface area contributed by atoms with E-state index < -0.39 is 0 Å². The summed E-state index contributed by atoms with van der Waals surface area (Å²) < 4.78 is 1.92. The van der Waals surface area contributed by atoms with E-state index >= 15 is 0 Å². The van der Waals surface area contributed by atoms with Crippen LogP contribution in [-0.2, 0) is 13.0 Å². The molecule has 26 heavy (non-hydrogen) atoms. The van der Waals surface area contributed by atoms with Crippen LogP contribution in [0, 0.1) is 6.92 Å². The number of aromatic nitrogens is 4. The van der Waals surface area contributed by atoms with E-state index in [0.29, 0.717) is 18.8 Å². The Balaban J connectivity index is 1.50. The molecule has 0 saturated carbocycles. The van der Waals surface area contributed by atoms with E-state index in [1.54, 1.807) is 0 Å². The lowest BCUT2D eigenvalue weighted by Crippen LogP contribution is -2.36. The van der Waals surface area contributed by atoms with Crippen molar-refractivity contribution in [3.05, 3.63) is 64.6 Å². The van der Waals surface area contributed by atoms with Crippen LogP contribution in [-0.4, -0.2) is 36.9 Å². The highest BCUT2D eigenvalue weighted by molar-refractivity contribution is 7.15. The van der Waals surface area contributed by atoms with Gasteiger partial charge in [-0.25, -0.2) is 4.98 Å². The number of carbonyl (C=O) groups excluding carboxylic acids is 1. The van der Waals surface area contributed by atoms with E-state index in [4.69, 9.17) is 4.98 Å². The average Bonchev–Trinajstić information content (AvgIpc) is 3.36. The first kappa shape index (κ1) is 15.3. The Morgan fingerprint density at radius 3 is 3.08 bits per heavy atom. The molecule has 1 aliphatic rings. The second-order valence-electron chi connectivity index (χ2n) is 6.57. The molecule has 6 nitrogen and oxygen atoms in total. The van der Waals surface area contributed by atoms with E-state index in [1.165, 1.54) is 16.9 Å². The van der Waals surface area contributed by atoms with E-state index in [9.17, 15) is 4.79 Å². The molecular weight excluding hydrogens is 346 g/mol. The van der Waals surface area contributed by atoms with Crippen molar-refractivity contribution in [2.75, 3.05) is 6.54 Å². The van der Waals surface area contributed by atoms with Crippen LogP contribution in [0.1, 0.15) is 27.3 Å². The van der Waals surface area contributed by atoms with Crippen LogP contribution in [0.5, 0.6) is 0 Å². The van der Waals surface area contributed by atoms with Crippen molar-refractivity contribution < 1.29 is 4.79 Å². The molecule has 0 unspecified atom stereocenters. The second kappa shape index (κ2) is 5.81. The molecule has 1 N–H and O–H groups in total. The summed E-state index contributed by atoms with van der Waals surface area (Å²) in [5.74, 6) is 0.0387. The number of fused-ring (bicyclic) bond motifs is 2. The number of hydrogen-bond donors (Lipinski definition) is 1. The van der Waals surface area contributed by atoms with Crippen LogP contribution in [0.2, 0.25) is 0 Å². The summed E-state index contributed by atoms with van der Waals surface area (Å²) in [4.78, 5) is 20.5. The molecule has 1 amide bonds. The summed E-state index contributed by atoms with van der Waals surface area (Å²) in [5.41, 5.74) is 6.08. The summed E-state index contributed by atoms with van der Waals surface area (Å²) in [6.07, 6.45) is 4.59. The van der Waals surface area contributed by atoms with Crippen molar-refractivity contribution in [2.45, 2.75) is 19.9 Å². The Kier molecular flexibility index (Phi) is 3.43. The molecule has 0 fully saturated rings. The fourth-order valence-electron chi connectivity index (χ4n) is 3.49. The monoisotopic (exact) mass is 363 g/mol. The highest BCUT2D eigenvalue weighted by Crippen LogP contribution is 2.27. The smallest absolute Gasteiger partial charge is 0.272 e. The van der Waals surface area contributed by atoms with Crippen LogP contribution in [0.25, 0.3) is 16.2 Å². The van der Waals surface area contributed by atoms with Crippen LogP contribution >= 0.6 is 11.3 Å². The lowest BCUT2D eigenvalue weighted by Gasteiger charge is -2.26. The van der Waals surface area contributed by atoms with Gasteiger partial charge in [-0.2, -0.15) is 5.10 Å². The number of aromatic amines is 1. The normalized spacial score (nSPS) is 14.0. The molecule has 0 bridgehead atoms. The molecule has 0 aliphatic carbocycles. The average molecular weight is 363 g/mol. The maximum Gasteiger partial charge on any atom is 0.272 e. The molecule has 3 aromatic heterocycles. The summed E-state index contributed by atoms with van der Waals surface area (Å²) in [6.45, 7) is 3.37. The molecule has 0 radical (unpaired) electrons. The van der Waals surface area contributed by atoms with E-state index in [2.05, 4.69) is 29.3 Å². The third kappa shape index (κ3) is 2.35. The number of nitrogens with one attached hydrogen (secondary N) is 1. The molecule has 7 heteroatoms. The van der Waals surface area contributed by atoms with Gasteiger partial charge in [0.1, 0.15) is 5.69 Å². The SMILES string of the molecule is Cc1ccccc1-c1cn2c(C(=O)N3CCc4[nH]ncc4C3)csc2n1. The zero-order valence-electron chi connectivity index (χ0n) is 14.3. The minimum atomic E-state index is 0.0387. The largest absolute Gasteiger partial charge is 0.332 e. The van der Waals surface area contributed by atoms with Gasteiger partial charge in [0.15, 0.2) is 4.96 Å². The van der Waals surface area contributed by atoms with Gasteiger partial charge in [-0.15, -0.1) is 11.3 Å². The molecular formula is C19H17N5OS. The number of amides is 1. The lowest BCUT2D eigenvalue weighted by molar-refractivity contribution is 0.0727. The zero-order chi connectivity index (χ0) is 17.7. The molecule has 5 rings (SSSR count). The fraction of sp³-hybridized carbons (Fsp3) is 0.211. The molecule has 4 aromatic rings. The number of carbonyl (C=O) groups is 1. The third-order valence-electron chi connectivity index (χ3n) is 4.94. The summed E-state index contributed by atoms with van der Waals surface area (Å²) >= 11 is 1.50. The predicted octanol–water partition coefficient (Wildman–Crippen LogP) is 3.29. The lowest BCUT2D eigenvalue weighted by atomic mass is 10.1. The number of imidazole rings is 1. The van der Waals surface area contributed by atoms with E-state index in [-0.39, 0.29) is 5.91 Å². The number of nitrogens with zero attached hydrogens (tertiary/aromatic N) is 4. The fourth-order valence-corrected chi connectivity index (χ4v) is 4.33. The van der Waals surface area contributed by atoms with Gasteiger partial charge in [0.2, 0.25) is 0 Å². The first-order valence-electron chi connectivity index (χ1n) is 8.53. The summed E-state index contributed by atoms with van der Waals surface area (Å²) in [7, 11) is 0. The quantitative estimate of drug-likeness (QED) is 0.594. The van der Waals surface area contributed by atoms with E-state index in [1.807, 2.05) is 39.2 Å². The predicted molar refractivity (Wildman–Crippen MR) is 100 cm³/mol. The Hall–Kier alpha value is -2.93. The van der Waals surface area contributed by atoms with Crippen LogP contribution in [0.4, 0.5) is 0 Å². The number of hydrogen-bond acceptors (Lipinski definition) is 4. The van der Waals surface area contributed by atoms with Crippen molar-refractivity contribution in [2.24, 2.45) is 0 Å². The van der Waals surface area contributed by atoms with Crippen LogP contribution < -0.4 is 0 Å². The maximum absolute atomic E-state index is 13.1. The third-order valence-corrected chi connectivity index (χ3v) is 5.78. The first-order valence-corrected chi connectivity index (χ1v) is 9.41. The number of H-pyrrole nitrogens is 1.